The number of hydrogen-bond donors (Lipinski definition) is 0. The summed E-state index contributed by atoms with van der Waals surface area (Å²) in [6.07, 6.45) is 16.7. The molecule has 230 valence electrons. The highest BCUT2D eigenvalue weighted by molar-refractivity contribution is 9.11. The van der Waals surface area contributed by atoms with Gasteiger partial charge in [0.1, 0.15) is 0 Å². The lowest BCUT2D eigenvalue weighted by Gasteiger charge is -2.76. The Labute approximate surface area is 312 Å². The van der Waals surface area contributed by atoms with Gasteiger partial charge in [-0.15, -0.1) is 0 Å². The van der Waals surface area contributed by atoms with Crippen LogP contribution in [0.5, 0.6) is 0 Å². The van der Waals surface area contributed by atoms with E-state index < -0.39 is 0 Å². The lowest BCUT2D eigenvalue weighted by atomic mass is 9.28. The molecule has 0 N–H and O–H groups in total. The van der Waals surface area contributed by atoms with Crippen molar-refractivity contribution in [1.82, 2.24) is 0 Å². The van der Waals surface area contributed by atoms with Gasteiger partial charge in [-0.2, -0.15) is 0 Å². The van der Waals surface area contributed by atoms with Crippen molar-refractivity contribution < 1.29 is 0 Å². The molecular formula is C38H36Br6. The Bertz CT molecular complexity index is 1570. The molecule has 8 fully saturated rings. The van der Waals surface area contributed by atoms with E-state index in [1.165, 1.54) is 104 Å². The minimum Gasteiger partial charge on any atom is -0.0508 e. The van der Waals surface area contributed by atoms with Crippen molar-refractivity contribution in [3.63, 3.8) is 0 Å². The normalized spacial score (nSPS) is 41.5. The van der Waals surface area contributed by atoms with Gasteiger partial charge in [0.2, 0.25) is 0 Å². The molecule has 44 heavy (non-hydrogen) atoms. The van der Waals surface area contributed by atoms with Gasteiger partial charge in [-0.3, -0.25) is 0 Å². The highest BCUT2D eigenvalue weighted by Gasteiger charge is 2.72. The van der Waals surface area contributed by atoms with Crippen molar-refractivity contribution in [3.05, 3.63) is 98.1 Å². The summed E-state index contributed by atoms with van der Waals surface area (Å²) in [7, 11) is 0. The Kier molecular flexibility index (Phi) is 7.15. The van der Waals surface area contributed by atoms with Gasteiger partial charge < -0.3 is 0 Å². The molecule has 3 aromatic carbocycles. The summed E-state index contributed by atoms with van der Waals surface area (Å²) >= 11 is 23.4. The minimum atomic E-state index is 0.218. The first-order valence-electron chi connectivity index (χ1n) is 16.3. The number of hydrogen-bond acceptors (Lipinski definition) is 0. The maximum atomic E-state index is 3.91. The molecule has 0 heterocycles. The third kappa shape index (κ3) is 4.58. The van der Waals surface area contributed by atoms with Gasteiger partial charge in [0, 0.05) is 26.8 Å². The minimum absolute atomic E-state index is 0.218. The van der Waals surface area contributed by atoms with Crippen LogP contribution in [0, 0.1) is 28.6 Å². The van der Waals surface area contributed by atoms with E-state index in [0.717, 1.165) is 17.8 Å². The third-order valence-corrected chi connectivity index (χ3v) is 16.4. The van der Waals surface area contributed by atoms with Crippen molar-refractivity contribution in [2.75, 3.05) is 0 Å². The molecule has 0 radical (unpaired) electrons. The van der Waals surface area contributed by atoms with Crippen LogP contribution in [0.1, 0.15) is 93.7 Å². The zero-order valence-electron chi connectivity index (χ0n) is 24.7. The summed E-state index contributed by atoms with van der Waals surface area (Å²) in [5, 5.41) is 0. The molecule has 11 rings (SSSR count). The molecule has 8 aliphatic rings. The Morgan fingerprint density at radius 3 is 1.14 bits per heavy atom. The van der Waals surface area contributed by atoms with Gasteiger partial charge in [-0.05, 0) is 193 Å². The largest absolute Gasteiger partial charge is 0.0508 e. The van der Waals surface area contributed by atoms with Crippen LogP contribution in [-0.2, 0) is 16.2 Å². The van der Waals surface area contributed by atoms with E-state index in [4.69, 9.17) is 0 Å². The molecule has 0 amide bonds. The van der Waals surface area contributed by atoms with E-state index in [0.29, 0.717) is 16.2 Å². The van der Waals surface area contributed by atoms with Crippen molar-refractivity contribution in [2.24, 2.45) is 28.6 Å². The zero-order chi connectivity index (χ0) is 30.3. The summed E-state index contributed by atoms with van der Waals surface area (Å²) < 4.78 is 7.28. The highest BCUT2D eigenvalue weighted by Crippen LogP contribution is 2.81. The summed E-state index contributed by atoms with van der Waals surface area (Å²) in [4.78, 5) is 0. The second kappa shape index (κ2) is 10.3. The maximum absolute atomic E-state index is 3.91. The first kappa shape index (κ1) is 30.6. The molecule has 0 spiro atoms. The zero-order valence-corrected chi connectivity index (χ0v) is 34.2. The number of halogens is 6. The van der Waals surface area contributed by atoms with E-state index in [2.05, 4.69) is 150 Å². The monoisotopic (exact) mass is 966 g/mol. The van der Waals surface area contributed by atoms with Crippen molar-refractivity contribution >= 4 is 95.6 Å². The molecule has 0 aliphatic heterocycles. The molecule has 0 nitrogen and oxygen atoms in total. The smallest absolute Gasteiger partial charge is 0.0189 e. The fourth-order valence-corrected chi connectivity index (χ4v) is 17.4. The Balaban J connectivity index is 1.24. The SMILES string of the molecule is Brc1cc(Br)cc(C23CC4CC(C2)CC(C25CC6CC(c7cc(Br)cc(Br)c7)(CC(c7cc(Br)cc(Br)c7)(C6)C2)C5)(C4)C3)c1. The average Bonchev–Trinajstić information content (AvgIpc) is 2.90. The summed E-state index contributed by atoms with van der Waals surface area (Å²) in [5.41, 5.74) is 6.29. The molecule has 8 saturated carbocycles. The summed E-state index contributed by atoms with van der Waals surface area (Å²) in [5.74, 6) is 2.52. The highest BCUT2D eigenvalue weighted by atomic mass is 79.9. The Morgan fingerprint density at radius 2 is 0.705 bits per heavy atom. The van der Waals surface area contributed by atoms with Crippen LogP contribution < -0.4 is 0 Å². The van der Waals surface area contributed by atoms with Crippen LogP contribution in [-0.4, -0.2) is 0 Å². The lowest BCUT2D eigenvalue weighted by Crippen LogP contribution is -2.68. The van der Waals surface area contributed by atoms with Gasteiger partial charge in [-0.1, -0.05) is 95.6 Å². The van der Waals surface area contributed by atoms with E-state index in [9.17, 15) is 0 Å². The number of rotatable bonds is 4. The first-order chi connectivity index (χ1) is 20.9. The van der Waals surface area contributed by atoms with Gasteiger partial charge in [0.25, 0.3) is 0 Å². The van der Waals surface area contributed by atoms with Crippen LogP contribution in [0.2, 0.25) is 0 Å². The van der Waals surface area contributed by atoms with Crippen molar-refractivity contribution in [2.45, 2.75) is 93.3 Å². The van der Waals surface area contributed by atoms with Gasteiger partial charge >= 0.3 is 0 Å². The van der Waals surface area contributed by atoms with E-state index in [1.54, 1.807) is 16.7 Å². The van der Waals surface area contributed by atoms with Crippen molar-refractivity contribution in [1.29, 1.82) is 0 Å². The standard InChI is InChI=1S/C38H36Br6/c39-28-2-25(3-29(40)8-28)34-11-22-1-23(12-34)16-37(15-22,19-34)38-17-24-13-35(20-38,26-4-30(41)9-31(42)5-26)18-36(14-24,21-38)27-6-32(43)10-33(44)7-27/h2-10,22-24H,1,11-21H2. The predicted molar refractivity (Wildman–Crippen MR) is 201 cm³/mol. The Hall–Kier alpha value is 0.540. The van der Waals surface area contributed by atoms with Gasteiger partial charge in [0.05, 0.1) is 0 Å². The molecule has 8 aliphatic carbocycles. The summed E-state index contributed by atoms with van der Waals surface area (Å²) in [6.45, 7) is 0. The van der Waals surface area contributed by atoms with Crippen molar-refractivity contribution in [3.8, 4) is 0 Å². The predicted octanol–water partition coefficient (Wildman–Crippen LogP) is 14.0. The second-order valence-electron chi connectivity index (χ2n) is 16.3. The molecule has 8 bridgehead atoms. The third-order valence-electron chi connectivity index (χ3n) is 13.7. The quantitative estimate of drug-likeness (QED) is 0.244. The summed E-state index contributed by atoms with van der Waals surface area (Å²) in [6, 6.07) is 21.6. The van der Waals surface area contributed by atoms with Crippen LogP contribution in [0.25, 0.3) is 0 Å². The first-order valence-corrected chi connectivity index (χ1v) is 21.1. The van der Waals surface area contributed by atoms with Crippen LogP contribution in [0.4, 0.5) is 0 Å². The lowest BCUT2D eigenvalue weighted by molar-refractivity contribution is -0.218. The molecule has 3 aromatic rings. The topological polar surface area (TPSA) is 0 Å². The van der Waals surface area contributed by atoms with E-state index >= 15 is 0 Å². The molecule has 0 saturated heterocycles. The number of benzene rings is 3. The van der Waals surface area contributed by atoms with Gasteiger partial charge in [0.15, 0.2) is 0 Å². The Morgan fingerprint density at radius 1 is 0.364 bits per heavy atom. The molecule has 4 unspecified atom stereocenters. The van der Waals surface area contributed by atoms with Gasteiger partial charge in [-0.25, -0.2) is 0 Å². The molecule has 0 aromatic heterocycles. The van der Waals surface area contributed by atoms with Crippen LogP contribution >= 0.6 is 95.6 Å². The van der Waals surface area contributed by atoms with Crippen LogP contribution in [0.3, 0.4) is 0 Å². The fraction of sp³-hybridized carbons (Fsp3) is 0.526. The average molecular weight is 972 g/mol. The fourth-order valence-electron chi connectivity index (χ4n) is 13.5. The van der Waals surface area contributed by atoms with Crippen LogP contribution in [0.15, 0.2) is 81.4 Å². The van der Waals surface area contributed by atoms with E-state index in [-0.39, 0.29) is 10.8 Å². The maximum Gasteiger partial charge on any atom is 0.0189 e. The second-order valence-corrected chi connectivity index (χ2v) is 21.8. The molecule has 4 atom stereocenters. The molecular weight excluding hydrogens is 936 g/mol. The molecule has 6 heteroatoms. The van der Waals surface area contributed by atoms with E-state index in [1.807, 2.05) is 0 Å².